The van der Waals surface area contributed by atoms with E-state index in [1.807, 2.05) is 6.07 Å². The van der Waals surface area contributed by atoms with E-state index in [0.717, 1.165) is 37.4 Å². The van der Waals surface area contributed by atoms with Crippen LogP contribution in [-0.2, 0) is 6.42 Å². The third kappa shape index (κ3) is 4.86. The number of nitrogens with one attached hydrogen (secondary N) is 2. The number of amides is 1. The van der Waals surface area contributed by atoms with E-state index in [2.05, 4.69) is 30.7 Å². The zero-order valence-corrected chi connectivity index (χ0v) is 17.0. The van der Waals surface area contributed by atoms with Crippen molar-refractivity contribution < 1.29 is 18.7 Å². The number of nitrogens with zero attached hydrogens (tertiary/aromatic N) is 4. The van der Waals surface area contributed by atoms with Crippen molar-refractivity contribution in [2.75, 3.05) is 43.5 Å². The maximum absolute atomic E-state index is 12.6. The summed E-state index contributed by atoms with van der Waals surface area (Å²) in [6, 6.07) is 8.97. The Bertz CT molecular complexity index is 1080. The Kier molecular flexibility index (Phi) is 6.18. The summed E-state index contributed by atoms with van der Waals surface area (Å²) in [6.45, 7) is 3.35. The number of pyridine rings is 1. The Hall–Kier alpha value is -3.79. The minimum atomic E-state index is -0.600. The Morgan fingerprint density at radius 1 is 1.19 bits per heavy atom. The van der Waals surface area contributed by atoms with Gasteiger partial charge in [0.1, 0.15) is 5.75 Å². The quantitative estimate of drug-likeness (QED) is 0.546. The predicted octanol–water partition coefficient (Wildman–Crippen LogP) is 1.56. The van der Waals surface area contributed by atoms with E-state index >= 15 is 0 Å². The number of aromatic nitrogens is 3. The lowest BCUT2D eigenvalue weighted by Crippen LogP contribution is -2.43. The van der Waals surface area contributed by atoms with Crippen molar-refractivity contribution in [1.29, 1.82) is 0 Å². The molecule has 1 aliphatic heterocycles. The van der Waals surface area contributed by atoms with Crippen LogP contribution >= 0.6 is 0 Å². The first-order valence-corrected chi connectivity index (χ1v) is 9.84. The molecule has 1 aliphatic rings. The van der Waals surface area contributed by atoms with Crippen molar-refractivity contribution in [2.45, 2.75) is 6.42 Å². The van der Waals surface area contributed by atoms with Crippen LogP contribution in [0.2, 0.25) is 0 Å². The number of hydrogen-bond donors (Lipinski definition) is 2. The zero-order chi connectivity index (χ0) is 21.6. The van der Waals surface area contributed by atoms with Crippen LogP contribution in [0.3, 0.4) is 0 Å². The fourth-order valence-electron chi connectivity index (χ4n) is 3.31. The number of ketones is 1. The van der Waals surface area contributed by atoms with E-state index in [-0.39, 0.29) is 24.0 Å². The number of hydrogen-bond acceptors (Lipinski definition) is 9. The predicted molar refractivity (Wildman–Crippen MR) is 113 cm³/mol. The standard InChI is InChI=1S/C21H22N6O4/c1-30-15-4-2-3-14(11-15)12-18(28)20-25-26-21(31-20)19(29)24-16-13-23-6-5-17(16)27-9-7-22-8-10-27/h2-6,11,13,22H,7-10,12H2,1H3,(H,24,29). The highest BCUT2D eigenvalue weighted by Crippen LogP contribution is 2.25. The largest absolute Gasteiger partial charge is 0.497 e. The van der Waals surface area contributed by atoms with Crippen molar-refractivity contribution >= 4 is 23.1 Å². The molecule has 0 spiro atoms. The summed E-state index contributed by atoms with van der Waals surface area (Å²) in [7, 11) is 1.56. The van der Waals surface area contributed by atoms with E-state index in [1.165, 1.54) is 0 Å². The number of rotatable bonds is 7. The van der Waals surface area contributed by atoms with Crippen molar-refractivity contribution in [3.05, 3.63) is 60.1 Å². The van der Waals surface area contributed by atoms with Crippen LogP contribution in [0.4, 0.5) is 11.4 Å². The number of carbonyl (C=O) groups excluding carboxylic acids is 2. The second kappa shape index (κ2) is 9.35. The molecule has 2 aromatic heterocycles. The Morgan fingerprint density at radius 3 is 2.81 bits per heavy atom. The molecule has 1 fully saturated rings. The van der Waals surface area contributed by atoms with Gasteiger partial charge in [-0.15, -0.1) is 10.2 Å². The first kappa shape index (κ1) is 20.5. The van der Waals surface area contributed by atoms with Crippen LogP contribution in [0.15, 0.2) is 47.1 Å². The van der Waals surface area contributed by atoms with Crippen LogP contribution in [0.5, 0.6) is 5.75 Å². The Balaban J connectivity index is 1.44. The van der Waals surface area contributed by atoms with Gasteiger partial charge in [-0.05, 0) is 23.8 Å². The molecule has 4 rings (SSSR count). The Labute approximate surface area is 178 Å². The number of methoxy groups -OCH3 is 1. The van der Waals surface area contributed by atoms with Gasteiger partial charge >= 0.3 is 11.8 Å². The summed E-state index contributed by atoms with van der Waals surface area (Å²) < 4.78 is 10.5. The lowest BCUT2D eigenvalue weighted by atomic mass is 10.1. The minimum absolute atomic E-state index is 0.0518. The molecule has 1 aromatic carbocycles. The number of piperazine rings is 1. The van der Waals surface area contributed by atoms with Gasteiger partial charge in [-0.3, -0.25) is 14.6 Å². The molecular formula is C21H22N6O4. The molecule has 0 saturated carbocycles. The van der Waals surface area contributed by atoms with Crippen molar-refractivity contribution in [2.24, 2.45) is 0 Å². The van der Waals surface area contributed by atoms with Gasteiger partial charge in [0.2, 0.25) is 5.78 Å². The molecule has 10 nitrogen and oxygen atoms in total. The van der Waals surface area contributed by atoms with E-state index in [1.54, 1.807) is 43.8 Å². The summed E-state index contributed by atoms with van der Waals surface area (Å²) in [5.74, 6) is -0.849. The molecule has 0 unspecified atom stereocenters. The topological polar surface area (TPSA) is 122 Å². The third-order valence-electron chi connectivity index (χ3n) is 4.86. The maximum Gasteiger partial charge on any atom is 0.313 e. The highest BCUT2D eigenvalue weighted by Gasteiger charge is 2.22. The van der Waals surface area contributed by atoms with Crippen LogP contribution in [0.25, 0.3) is 0 Å². The van der Waals surface area contributed by atoms with Gasteiger partial charge in [-0.2, -0.15) is 0 Å². The molecule has 160 valence electrons. The molecule has 1 amide bonds. The zero-order valence-electron chi connectivity index (χ0n) is 17.0. The fraction of sp³-hybridized carbons (Fsp3) is 0.286. The van der Waals surface area contributed by atoms with Gasteiger partial charge < -0.3 is 24.7 Å². The monoisotopic (exact) mass is 422 g/mol. The fourth-order valence-corrected chi connectivity index (χ4v) is 3.31. The number of anilines is 2. The van der Waals surface area contributed by atoms with Crippen molar-refractivity contribution in [1.82, 2.24) is 20.5 Å². The normalized spacial score (nSPS) is 13.6. The number of benzene rings is 1. The first-order valence-electron chi connectivity index (χ1n) is 9.84. The molecule has 3 heterocycles. The summed E-state index contributed by atoms with van der Waals surface area (Å²) in [5.41, 5.74) is 2.14. The average molecular weight is 422 g/mol. The Morgan fingerprint density at radius 2 is 2.00 bits per heavy atom. The van der Waals surface area contributed by atoms with Crippen molar-refractivity contribution in [3.63, 3.8) is 0 Å². The molecule has 0 radical (unpaired) electrons. The molecule has 31 heavy (non-hydrogen) atoms. The van der Waals surface area contributed by atoms with Gasteiger partial charge in [-0.25, -0.2) is 0 Å². The number of Topliss-reactive ketones (excluding diaryl/α,β-unsaturated/α-hetero) is 1. The van der Waals surface area contributed by atoms with Gasteiger partial charge in [-0.1, -0.05) is 12.1 Å². The van der Waals surface area contributed by atoms with Gasteiger partial charge in [0, 0.05) is 38.8 Å². The van der Waals surface area contributed by atoms with Crippen LogP contribution in [0.1, 0.15) is 26.9 Å². The minimum Gasteiger partial charge on any atom is -0.497 e. The maximum atomic E-state index is 12.6. The lowest BCUT2D eigenvalue weighted by Gasteiger charge is -2.30. The first-order chi connectivity index (χ1) is 15.1. The molecule has 3 aromatic rings. The molecule has 0 aliphatic carbocycles. The molecular weight excluding hydrogens is 400 g/mol. The second-order valence-corrected chi connectivity index (χ2v) is 6.95. The average Bonchev–Trinajstić information content (AvgIpc) is 3.31. The van der Waals surface area contributed by atoms with Crippen LogP contribution in [-0.4, -0.2) is 60.2 Å². The van der Waals surface area contributed by atoms with Gasteiger partial charge in [0.25, 0.3) is 5.89 Å². The molecule has 1 saturated heterocycles. The van der Waals surface area contributed by atoms with Crippen LogP contribution in [0, 0.1) is 0 Å². The lowest BCUT2D eigenvalue weighted by molar-refractivity contribution is 0.0948. The summed E-state index contributed by atoms with van der Waals surface area (Å²) in [4.78, 5) is 31.4. The number of carbonyl (C=O) groups is 2. The van der Waals surface area contributed by atoms with E-state index < -0.39 is 5.91 Å². The third-order valence-corrected chi connectivity index (χ3v) is 4.86. The van der Waals surface area contributed by atoms with Gasteiger partial charge in [0.15, 0.2) is 0 Å². The van der Waals surface area contributed by atoms with E-state index in [4.69, 9.17) is 9.15 Å². The van der Waals surface area contributed by atoms with E-state index in [0.29, 0.717) is 11.4 Å². The smallest absolute Gasteiger partial charge is 0.313 e. The highest BCUT2D eigenvalue weighted by atomic mass is 16.5. The van der Waals surface area contributed by atoms with E-state index in [9.17, 15) is 9.59 Å². The molecule has 10 heteroatoms. The molecule has 0 atom stereocenters. The molecule has 2 N–H and O–H groups in total. The summed E-state index contributed by atoms with van der Waals surface area (Å²) in [5, 5.41) is 13.5. The highest BCUT2D eigenvalue weighted by molar-refractivity contribution is 6.03. The summed E-state index contributed by atoms with van der Waals surface area (Å²) >= 11 is 0. The van der Waals surface area contributed by atoms with Crippen LogP contribution < -0.4 is 20.3 Å². The molecule has 0 bridgehead atoms. The van der Waals surface area contributed by atoms with Gasteiger partial charge in [0.05, 0.1) is 24.7 Å². The SMILES string of the molecule is COc1cccc(CC(=O)c2nnc(C(=O)Nc3cnccc3N3CCNCC3)o2)c1. The summed E-state index contributed by atoms with van der Waals surface area (Å²) in [6.07, 6.45) is 3.30. The van der Waals surface area contributed by atoms with Crippen molar-refractivity contribution in [3.8, 4) is 5.75 Å². The second-order valence-electron chi connectivity index (χ2n) is 6.95. The number of ether oxygens (including phenoxy) is 1.